The summed E-state index contributed by atoms with van der Waals surface area (Å²) in [5.74, 6) is -8.39. The quantitative estimate of drug-likeness (QED) is 0.0263. The van der Waals surface area contributed by atoms with Crippen LogP contribution in [0.2, 0.25) is 0 Å². The molecule has 3 aromatic carbocycles. The number of phenols is 2. The van der Waals surface area contributed by atoms with E-state index < -0.39 is 142 Å². The number of hydrogen-bond donors (Lipinski definition) is 12. The molecular formula is C53H57N9O19S2. The third-order valence-electron chi connectivity index (χ3n) is 14.2. The molecule has 3 aliphatic rings. The maximum Gasteiger partial charge on any atom is 0.407 e. The van der Waals surface area contributed by atoms with Crippen LogP contribution in [0.25, 0.3) is 11.2 Å². The van der Waals surface area contributed by atoms with Crippen molar-refractivity contribution in [2.24, 2.45) is 0 Å². The fraction of sp³-hybridized carbons (Fsp3) is 0.396. The van der Waals surface area contributed by atoms with Crippen molar-refractivity contribution in [3.05, 3.63) is 104 Å². The lowest BCUT2D eigenvalue weighted by Gasteiger charge is -2.47. The molecule has 1 aliphatic heterocycles. The maximum absolute atomic E-state index is 14.0. The average Bonchev–Trinajstić information content (AvgIpc) is 1.13. The number of carbonyl (C=O) groups excluding carboxylic acids is 6. The molecule has 7 unspecified atom stereocenters. The van der Waals surface area contributed by atoms with Gasteiger partial charge in [0.1, 0.15) is 47.6 Å². The fourth-order valence-corrected chi connectivity index (χ4v) is 11.8. The highest BCUT2D eigenvalue weighted by molar-refractivity contribution is 8.76. The first kappa shape index (κ1) is 60.7. The number of benzene rings is 3. The number of carboxylic acids is 2. The van der Waals surface area contributed by atoms with Crippen molar-refractivity contribution < 1.29 is 87.9 Å². The molecule has 0 bridgehead atoms. The first-order chi connectivity index (χ1) is 39.3. The summed E-state index contributed by atoms with van der Waals surface area (Å²) < 4.78 is 23.0. The molecule has 30 heteroatoms. The molecule has 0 radical (unpaired) electrons. The predicted octanol–water partition coefficient (Wildman–Crippen LogP) is 2.02. The molecule has 3 amide bonds. The van der Waals surface area contributed by atoms with Crippen LogP contribution in [0.5, 0.6) is 17.2 Å². The number of phenolic OH excluding ortho intramolecular Hbond substituents is 2. The summed E-state index contributed by atoms with van der Waals surface area (Å²) in [6.07, 6.45) is -7.03. The molecule has 1 fully saturated rings. The molecule has 0 spiro atoms. The summed E-state index contributed by atoms with van der Waals surface area (Å²) in [5.41, 5.74) is 0.614. The third-order valence-corrected chi connectivity index (χ3v) is 16.6. The van der Waals surface area contributed by atoms with Crippen LogP contribution in [0.1, 0.15) is 112 Å². The van der Waals surface area contributed by atoms with E-state index in [1.165, 1.54) is 57.5 Å². The van der Waals surface area contributed by atoms with E-state index in [1.807, 2.05) is 0 Å². The zero-order chi connectivity index (χ0) is 60.2. The number of aliphatic hydroxyl groups excluding tert-OH is 1. The van der Waals surface area contributed by atoms with Crippen molar-refractivity contribution in [2.75, 3.05) is 36.3 Å². The molecule has 5 aromatic rings. The molecule has 28 nitrogen and oxygen atoms in total. The number of alkyl carbamates (subject to hydrolysis) is 1. The first-order valence-electron chi connectivity index (χ1n) is 25.5. The summed E-state index contributed by atoms with van der Waals surface area (Å²) in [7, 11) is 3.41. The standard InChI is InChI=1S/C53H57N9O19S2/c1-22-44(69)52(3,18-34(80-22)81-32-17-53(77,23(2)63)16-28-36(32)43(68)38-37(41(28)66)40(65)27-6-5-7-31(78-4)35(27)42(38)67)62-51(76)79-14-15-82-83-21-30(49(74)75)58-33(64)13-12-29(48(72)73)59-46(70)24-8-10-25(11-9-24)55-19-26-20-56-45-39(57-26)47(71)61-50(54)60-45/h5-11,20,22,29-30,32,34,44,55,66,68-69,77H,12-19,21H2,1-4H3,(H,58,64)(H,59,70)(H,62,76)(H,72,73)(H,74,75)(H3,54,56,60,61,71)/t22?,29?,30?,32?,34?,44?,52?,53-/m0/s1. The second-order valence-electron chi connectivity index (χ2n) is 20.0. The smallest absolute Gasteiger partial charge is 0.407 e. The van der Waals surface area contributed by atoms with Crippen molar-refractivity contribution in [3.63, 3.8) is 0 Å². The van der Waals surface area contributed by atoms with E-state index in [4.69, 9.17) is 24.7 Å². The fourth-order valence-electron chi connectivity index (χ4n) is 9.85. The van der Waals surface area contributed by atoms with Crippen LogP contribution in [0.15, 0.2) is 53.5 Å². The summed E-state index contributed by atoms with van der Waals surface area (Å²) >= 11 is 0. The highest BCUT2D eigenvalue weighted by atomic mass is 33.1. The first-order valence-corrected chi connectivity index (χ1v) is 28.0. The summed E-state index contributed by atoms with van der Waals surface area (Å²) in [6.45, 7) is 3.98. The topological polar surface area (TPSA) is 441 Å². The summed E-state index contributed by atoms with van der Waals surface area (Å²) in [4.78, 5) is 131. The normalized spacial score (nSPS) is 21.5. The number of nitrogens with two attached hydrogens (primary N) is 1. The number of rotatable bonds is 22. The summed E-state index contributed by atoms with van der Waals surface area (Å²) in [6, 6.07) is 7.29. The van der Waals surface area contributed by atoms with Crippen LogP contribution >= 0.6 is 21.6 Å². The number of amides is 3. The van der Waals surface area contributed by atoms with Crippen LogP contribution in [0.3, 0.4) is 0 Å². The zero-order valence-corrected chi connectivity index (χ0v) is 46.3. The van der Waals surface area contributed by atoms with Gasteiger partial charge in [-0.25, -0.2) is 24.4 Å². The van der Waals surface area contributed by atoms with E-state index >= 15 is 0 Å². The van der Waals surface area contributed by atoms with Crippen molar-refractivity contribution >= 4 is 91.6 Å². The number of ketones is 3. The van der Waals surface area contributed by atoms with E-state index in [-0.39, 0.29) is 88.2 Å². The van der Waals surface area contributed by atoms with Gasteiger partial charge in [-0.1, -0.05) is 33.7 Å². The second kappa shape index (κ2) is 25.0. The molecule has 13 N–H and O–H groups in total. The van der Waals surface area contributed by atoms with Gasteiger partial charge in [0.2, 0.25) is 17.6 Å². The number of aromatic amines is 1. The number of hydrogen-bond acceptors (Lipinski definition) is 24. The minimum absolute atomic E-state index is 0.00292. The minimum Gasteiger partial charge on any atom is -0.507 e. The van der Waals surface area contributed by atoms with Gasteiger partial charge >= 0.3 is 18.0 Å². The lowest BCUT2D eigenvalue weighted by molar-refractivity contribution is -0.261. The molecule has 83 heavy (non-hydrogen) atoms. The molecular weight excluding hydrogens is 1130 g/mol. The Morgan fingerprint density at radius 2 is 1.64 bits per heavy atom. The number of aliphatic hydroxyl groups is 2. The van der Waals surface area contributed by atoms with Gasteiger partial charge in [0.05, 0.1) is 60.0 Å². The molecule has 3 heterocycles. The molecule has 0 saturated carbocycles. The number of nitrogens with one attached hydrogen (secondary N) is 5. The van der Waals surface area contributed by atoms with Gasteiger partial charge in [-0.2, -0.15) is 4.98 Å². The Morgan fingerprint density at radius 3 is 2.33 bits per heavy atom. The number of fused-ring (bicyclic) bond motifs is 4. The van der Waals surface area contributed by atoms with E-state index in [2.05, 4.69) is 41.2 Å². The largest absolute Gasteiger partial charge is 0.507 e. The number of nitrogens with zero attached hydrogens (tertiary/aromatic N) is 3. The SMILES string of the molecule is COc1cccc2c1C(=O)c1c(O)c3c(c(O)c1C2=O)C[C@@](O)(C(C)=O)CC3OC1CC(C)(NC(=O)OCCSSCC(NC(=O)CCC(NC(=O)c2ccc(NCc3cnc4nc(N)[nH]c(=O)c4n3)cc2)C(=O)O)C(=O)O)C(O)C(C)O1. The van der Waals surface area contributed by atoms with Gasteiger partial charge in [0, 0.05) is 65.1 Å². The number of ether oxygens (including phenoxy) is 4. The highest BCUT2D eigenvalue weighted by Gasteiger charge is 2.51. The Labute approximate surface area is 478 Å². The van der Waals surface area contributed by atoms with Crippen LogP contribution in [0.4, 0.5) is 16.4 Å². The number of aliphatic carboxylic acids is 2. The number of aromatic nitrogens is 4. The Hall–Kier alpha value is -8.42. The zero-order valence-electron chi connectivity index (χ0n) is 44.7. The molecule has 2 aliphatic carbocycles. The Morgan fingerprint density at radius 1 is 0.928 bits per heavy atom. The van der Waals surface area contributed by atoms with Gasteiger partial charge in [0.25, 0.3) is 11.5 Å². The number of Topliss-reactive ketones (excluding diaryl/α,β-unsaturated/α-hetero) is 1. The van der Waals surface area contributed by atoms with Gasteiger partial charge in [0.15, 0.2) is 29.0 Å². The van der Waals surface area contributed by atoms with Crippen LogP contribution in [-0.4, -0.2) is 165 Å². The Kier molecular flexibility index (Phi) is 18.3. The molecule has 440 valence electrons. The molecule has 1 saturated heterocycles. The number of anilines is 2. The van der Waals surface area contributed by atoms with Crippen molar-refractivity contribution in [3.8, 4) is 17.2 Å². The number of nitrogen functional groups attached to an aromatic ring is 1. The van der Waals surface area contributed by atoms with Crippen LogP contribution in [-0.2, 0) is 46.4 Å². The van der Waals surface area contributed by atoms with E-state index in [9.17, 15) is 73.8 Å². The van der Waals surface area contributed by atoms with Gasteiger partial charge < -0.3 is 76.6 Å². The van der Waals surface area contributed by atoms with Crippen molar-refractivity contribution in [1.29, 1.82) is 0 Å². The summed E-state index contributed by atoms with van der Waals surface area (Å²) in [5, 5.41) is 76.5. The number of H-pyrrole nitrogens is 1. The molecule has 8 rings (SSSR count). The maximum atomic E-state index is 14.0. The lowest BCUT2D eigenvalue weighted by Crippen LogP contribution is -2.64. The average molecular weight is 1190 g/mol. The van der Waals surface area contributed by atoms with Gasteiger partial charge in [-0.15, -0.1) is 0 Å². The van der Waals surface area contributed by atoms with E-state index in [0.717, 1.165) is 28.5 Å². The van der Waals surface area contributed by atoms with E-state index in [1.54, 1.807) is 12.1 Å². The van der Waals surface area contributed by atoms with Gasteiger partial charge in [-0.05, 0) is 57.5 Å². The van der Waals surface area contributed by atoms with E-state index in [0.29, 0.717) is 11.4 Å². The minimum atomic E-state index is -2.20. The van der Waals surface area contributed by atoms with Crippen molar-refractivity contribution in [1.82, 2.24) is 35.9 Å². The highest BCUT2D eigenvalue weighted by Crippen LogP contribution is 2.53. The number of carbonyl (C=O) groups is 8. The third kappa shape index (κ3) is 13.1. The number of methoxy groups -OCH3 is 1. The van der Waals surface area contributed by atoms with Crippen molar-refractivity contribution in [2.45, 2.75) is 107 Å². The monoisotopic (exact) mass is 1190 g/mol. The number of aromatic hydroxyl groups is 2. The Bertz CT molecular complexity index is 3500. The second-order valence-corrected chi connectivity index (χ2v) is 22.6. The predicted molar refractivity (Wildman–Crippen MR) is 294 cm³/mol. The van der Waals surface area contributed by atoms with Crippen LogP contribution in [0, 0.1) is 0 Å². The molecule has 2 aromatic heterocycles. The Balaban J connectivity index is 0.795. The molecule has 8 atom stereocenters. The lowest BCUT2D eigenvalue weighted by atomic mass is 9.72. The van der Waals surface area contributed by atoms with Gasteiger partial charge in [-0.3, -0.25) is 33.8 Å². The number of carboxylic acid groups (broad SMARTS) is 2. The van der Waals surface area contributed by atoms with Crippen LogP contribution < -0.4 is 37.3 Å².